The van der Waals surface area contributed by atoms with Gasteiger partial charge in [0.05, 0.1) is 34.2 Å². The van der Waals surface area contributed by atoms with Gasteiger partial charge in [0.1, 0.15) is 5.75 Å². The van der Waals surface area contributed by atoms with Crippen molar-refractivity contribution >= 4 is 90.1 Å². The lowest BCUT2D eigenvalue weighted by atomic mass is 9.81. The summed E-state index contributed by atoms with van der Waals surface area (Å²) in [6, 6.07) is 9.62. The van der Waals surface area contributed by atoms with Gasteiger partial charge in [-0.1, -0.05) is 55.1 Å². The molecule has 37 heavy (non-hydrogen) atoms. The first kappa shape index (κ1) is 26.7. The van der Waals surface area contributed by atoms with E-state index < -0.39 is 11.9 Å². The zero-order chi connectivity index (χ0) is 26.6. The monoisotopic (exact) mass is 670 g/mol. The molecule has 0 radical (unpaired) electrons. The Morgan fingerprint density at radius 2 is 1.59 bits per heavy atom. The van der Waals surface area contributed by atoms with Crippen molar-refractivity contribution < 1.29 is 23.9 Å². The smallest absolute Gasteiger partial charge is 0.316 e. The molecule has 2 aromatic carbocycles. The predicted octanol–water partition coefficient (Wildman–Crippen LogP) is 5.69. The number of aryl methyl sites for hydroxylation is 1. The third-order valence-electron chi connectivity index (χ3n) is 7.20. The zero-order valence-electron chi connectivity index (χ0n) is 19.6. The van der Waals surface area contributed by atoms with Crippen molar-refractivity contribution in [3.05, 3.63) is 52.0 Å². The van der Waals surface area contributed by atoms with Crippen molar-refractivity contribution in [1.82, 2.24) is 0 Å². The summed E-state index contributed by atoms with van der Waals surface area (Å²) < 4.78 is 5.58. The van der Waals surface area contributed by atoms with E-state index in [4.69, 9.17) is 27.9 Å². The zero-order valence-corrected chi connectivity index (χ0v) is 24.3. The average Bonchev–Trinajstić information content (AvgIpc) is 3.34. The number of rotatable bonds is 4. The van der Waals surface area contributed by atoms with Crippen LogP contribution in [0.3, 0.4) is 0 Å². The number of fused-ring (bicyclic) bond motifs is 1. The maximum atomic E-state index is 13.1. The second-order valence-electron chi connectivity index (χ2n) is 9.60. The fraction of sp³-hybridized carbons (Fsp3) is 0.385. The first-order valence-electron chi connectivity index (χ1n) is 11.8. The van der Waals surface area contributed by atoms with Gasteiger partial charge in [0.25, 0.3) is 0 Å². The number of halogens is 4. The van der Waals surface area contributed by atoms with Crippen LogP contribution in [0.4, 0.5) is 11.4 Å². The minimum Gasteiger partial charge on any atom is -0.426 e. The Morgan fingerprint density at radius 3 is 2.22 bits per heavy atom. The van der Waals surface area contributed by atoms with Gasteiger partial charge in [-0.2, -0.15) is 0 Å². The molecule has 3 aliphatic rings. The second-order valence-corrected chi connectivity index (χ2v) is 12.8. The van der Waals surface area contributed by atoms with Gasteiger partial charge >= 0.3 is 5.97 Å². The molecule has 7 nitrogen and oxygen atoms in total. The lowest BCUT2D eigenvalue weighted by molar-refractivity contribution is -0.139. The number of esters is 1. The van der Waals surface area contributed by atoms with E-state index in [0.29, 0.717) is 39.8 Å². The van der Waals surface area contributed by atoms with Crippen LogP contribution in [0.2, 0.25) is 10.0 Å². The number of anilines is 2. The standard InChI is InChI=1S/C26H22Br2Cl2N2O5/c1-12-6-15(3-5-21(12)32-24(34)16-9-18(27)19(28)10-17(16)25(32)35)37-26(36)13-7-23(33)31(11-13)22-8-14(29)2-4-20(22)30/h2-6,8,13,16-19H,7,9-11H2,1H3/t13-,16-,17+,18+,19-/m1/s1. The normalized spacial score (nSPS) is 27.6. The second kappa shape index (κ2) is 10.3. The Bertz CT molecular complexity index is 1290. The maximum absolute atomic E-state index is 13.1. The number of nitrogens with zero attached hydrogens (tertiary/aromatic N) is 2. The summed E-state index contributed by atoms with van der Waals surface area (Å²) in [5, 5.41) is 0.796. The number of carbonyl (C=O) groups is 4. The molecule has 5 atom stereocenters. The summed E-state index contributed by atoms with van der Waals surface area (Å²) in [5.41, 5.74) is 1.57. The highest BCUT2D eigenvalue weighted by Crippen LogP contribution is 2.45. The molecule has 2 aromatic rings. The molecule has 2 aliphatic heterocycles. The van der Waals surface area contributed by atoms with Crippen molar-refractivity contribution in [3.8, 4) is 5.75 Å². The summed E-state index contributed by atoms with van der Waals surface area (Å²) >= 11 is 19.5. The van der Waals surface area contributed by atoms with Gasteiger partial charge in [0.15, 0.2) is 0 Å². The molecule has 0 aromatic heterocycles. The molecule has 3 amide bonds. The van der Waals surface area contributed by atoms with Crippen LogP contribution in [0.25, 0.3) is 0 Å². The highest BCUT2D eigenvalue weighted by molar-refractivity contribution is 9.12. The van der Waals surface area contributed by atoms with Gasteiger partial charge in [-0.05, 0) is 61.7 Å². The Morgan fingerprint density at radius 1 is 0.946 bits per heavy atom. The molecule has 2 heterocycles. The van der Waals surface area contributed by atoms with E-state index in [-0.39, 0.29) is 57.9 Å². The summed E-state index contributed by atoms with van der Waals surface area (Å²) in [6.07, 6.45) is 1.17. The molecule has 2 saturated heterocycles. The van der Waals surface area contributed by atoms with Crippen molar-refractivity contribution in [2.24, 2.45) is 17.8 Å². The van der Waals surface area contributed by atoms with Crippen LogP contribution in [0.1, 0.15) is 24.8 Å². The molecule has 194 valence electrons. The molecule has 5 rings (SSSR count). The van der Waals surface area contributed by atoms with Crippen LogP contribution < -0.4 is 14.5 Å². The molecular weight excluding hydrogens is 651 g/mol. The largest absolute Gasteiger partial charge is 0.426 e. The van der Waals surface area contributed by atoms with Gasteiger partial charge in [0.2, 0.25) is 17.7 Å². The predicted molar refractivity (Wildman–Crippen MR) is 148 cm³/mol. The Kier molecular flexibility index (Phi) is 7.44. The van der Waals surface area contributed by atoms with Gasteiger partial charge in [-0.3, -0.25) is 19.2 Å². The first-order valence-corrected chi connectivity index (χ1v) is 14.4. The van der Waals surface area contributed by atoms with Gasteiger partial charge in [0, 0.05) is 27.6 Å². The van der Waals surface area contributed by atoms with Crippen molar-refractivity contribution in [2.45, 2.75) is 35.8 Å². The summed E-state index contributed by atoms with van der Waals surface area (Å²) in [4.78, 5) is 54.7. The number of amides is 3. The topological polar surface area (TPSA) is 84.0 Å². The van der Waals surface area contributed by atoms with Crippen LogP contribution in [-0.4, -0.2) is 39.9 Å². The Balaban J connectivity index is 1.29. The third-order valence-corrected chi connectivity index (χ3v) is 10.5. The molecule has 1 saturated carbocycles. The molecule has 3 fully saturated rings. The number of imide groups is 1. The summed E-state index contributed by atoms with van der Waals surface area (Å²) in [6.45, 7) is 1.88. The molecule has 0 unspecified atom stereocenters. The minimum absolute atomic E-state index is 0.0125. The van der Waals surface area contributed by atoms with E-state index in [0.717, 1.165) is 0 Å². The quantitative estimate of drug-likeness (QED) is 0.181. The van der Waals surface area contributed by atoms with Gasteiger partial charge in [-0.25, -0.2) is 4.90 Å². The number of benzene rings is 2. The maximum Gasteiger partial charge on any atom is 0.316 e. The van der Waals surface area contributed by atoms with E-state index in [1.165, 1.54) is 9.80 Å². The van der Waals surface area contributed by atoms with Crippen LogP contribution in [0, 0.1) is 24.7 Å². The van der Waals surface area contributed by atoms with Gasteiger partial charge in [-0.15, -0.1) is 0 Å². The average molecular weight is 673 g/mol. The molecule has 11 heteroatoms. The number of carbonyl (C=O) groups excluding carboxylic acids is 4. The van der Waals surface area contributed by atoms with E-state index >= 15 is 0 Å². The minimum atomic E-state index is -0.679. The summed E-state index contributed by atoms with van der Waals surface area (Å²) in [5.74, 6) is -2.30. The van der Waals surface area contributed by atoms with E-state index in [2.05, 4.69) is 31.9 Å². The number of hydrogen-bond donors (Lipinski definition) is 0. The Labute approximate surface area is 240 Å². The third kappa shape index (κ3) is 4.95. The van der Waals surface area contributed by atoms with Crippen molar-refractivity contribution in [3.63, 3.8) is 0 Å². The van der Waals surface area contributed by atoms with E-state index in [9.17, 15) is 19.2 Å². The van der Waals surface area contributed by atoms with Crippen LogP contribution in [0.15, 0.2) is 36.4 Å². The van der Waals surface area contributed by atoms with Crippen molar-refractivity contribution in [2.75, 3.05) is 16.3 Å². The molecule has 1 aliphatic carbocycles. The van der Waals surface area contributed by atoms with Crippen molar-refractivity contribution in [1.29, 1.82) is 0 Å². The lowest BCUT2D eigenvalue weighted by Crippen LogP contribution is -2.34. The number of ether oxygens (including phenoxy) is 1. The van der Waals surface area contributed by atoms with Crippen LogP contribution in [-0.2, 0) is 19.2 Å². The number of alkyl halides is 2. The highest BCUT2D eigenvalue weighted by Gasteiger charge is 2.52. The fourth-order valence-electron chi connectivity index (χ4n) is 5.27. The number of hydrogen-bond acceptors (Lipinski definition) is 5. The van der Waals surface area contributed by atoms with E-state index in [1.54, 1.807) is 43.3 Å². The fourth-order valence-corrected chi connectivity index (χ4v) is 6.89. The molecule has 0 spiro atoms. The van der Waals surface area contributed by atoms with Crippen LogP contribution in [0.5, 0.6) is 5.75 Å². The lowest BCUT2D eigenvalue weighted by Gasteiger charge is -2.29. The SMILES string of the molecule is Cc1cc(OC(=O)[C@@H]2CC(=O)N(c3cc(Cl)ccc3Cl)C2)ccc1N1C(=O)[C@H]2C[C@@H](Br)[C@@H](Br)C[C@H]2C1=O. The highest BCUT2D eigenvalue weighted by atomic mass is 79.9. The van der Waals surface area contributed by atoms with Gasteiger partial charge < -0.3 is 9.64 Å². The van der Waals surface area contributed by atoms with Crippen LogP contribution >= 0.6 is 55.1 Å². The Hall–Kier alpha value is -1.94. The first-order chi connectivity index (χ1) is 17.5. The molecule has 0 bridgehead atoms. The van der Waals surface area contributed by atoms with E-state index in [1.807, 2.05) is 0 Å². The summed E-state index contributed by atoms with van der Waals surface area (Å²) in [7, 11) is 0. The molecular formula is C26H22Br2Cl2N2O5. The molecule has 0 N–H and O–H groups in total.